The molecule has 0 saturated heterocycles. The average molecular weight is 613 g/mol. The van der Waals surface area contributed by atoms with Gasteiger partial charge in [0.15, 0.2) is 11.6 Å². The molecule has 12 heteroatoms. The van der Waals surface area contributed by atoms with E-state index < -0.39 is 33.6 Å². The zero-order valence-electron chi connectivity index (χ0n) is 21.9. The molecule has 3 aromatic rings. The number of halogens is 4. The maximum absolute atomic E-state index is 13.8. The van der Waals surface area contributed by atoms with Crippen LogP contribution in [0.25, 0.3) is 0 Å². The minimum Gasteiger partial charge on any atom is -0.357 e. The summed E-state index contributed by atoms with van der Waals surface area (Å²) in [5, 5.41) is 3.25. The second kappa shape index (κ2) is 13.9. The summed E-state index contributed by atoms with van der Waals surface area (Å²) in [7, 11) is -2.39. The Kier molecular flexibility index (Phi) is 10.9. The number of carbonyl (C=O) groups is 2. The Morgan fingerprint density at radius 3 is 2.23 bits per heavy atom. The Morgan fingerprint density at radius 2 is 1.62 bits per heavy atom. The highest BCUT2D eigenvalue weighted by molar-refractivity contribution is 7.92. The molecular weight excluding hydrogens is 583 g/mol. The Hall–Kier alpha value is -3.21. The molecule has 7 nitrogen and oxygen atoms in total. The van der Waals surface area contributed by atoms with Crippen LogP contribution < -0.4 is 9.62 Å². The van der Waals surface area contributed by atoms with Crippen molar-refractivity contribution < 1.29 is 26.8 Å². The number of hydrogen-bond acceptors (Lipinski definition) is 4. The molecule has 0 fully saturated rings. The number of rotatable bonds is 12. The molecule has 2 amide bonds. The molecule has 0 aliphatic carbocycles. The summed E-state index contributed by atoms with van der Waals surface area (Å²) in [6, 6.07) is 16.0. The van der Waals surface area contributed by atoms with Crippen molar-refractivity contribution in [3.8, 4) is 0 Å². The van der Waals surface area contributed by atoms with Crippen molar-refractivity contribution in [3.05, 3.63) is 99.5 Å². The highest BCUT2D eigenvalue weighted by atomic mass is 35.5. The summed E-state index contributed by atoms with van der Waals surface area (Å²) in [5.74, 6) is -3.08. The molecule has 0 radical (unpaired) electrons. The zero-order chi connectivity index (χ0) is 29.4. The lowest BCUT2D eigenvalue weighted by atomic mass is 10.0. The van der Waals surface area contributed by atoms with Crippen molar-refractivity contribution in [2.75, 3.05) is 24.2 Å². The Labute approximate surface area is 242 Å². The number of carbonyl (C=O) groups excluding carboxylic acids is 2. The second-order valence-electron chi connectivity index (χ2n) is 9.13. The van der Waals surface area contributed by atoms with Gasteiger partial charge in [0.2, 0.25) is 21.8 Å². The van der Waals surface area contributed by atoms with Crippen LogP contribution in [-0.4, -0.2) is 51.0 Å². The predicted octanol–water partition coefficient (Wildman–Crippen LogP) is 5.20. The zero-order valence-corrected chi connectivity index (χ0v) is 24.2. The lowest BCUT2D eigenvalue weighted by Gasteiger charge is -2.31. The summed E-state index contributed by atoms with van der Waals surface area (Å²) in [6.45, 7) is -0.126. The lowest BCUT2D eigenvalue weighted by molar-refractivity contribution is -0.141. The van der Waals surface area contributed by atoms with E-state index in [0.29, 0.717) is 15.6 Å². The molecule has 0 bridgehead atoms. The van der Waals surface area contributed by atoms with E-state index in [1.165, 1.54) is 11.9 Å². The van der Waals surface area contributed by atoms with E-state index in [2.05, 4.69) is 5.32 Å². The molecule has 0 heterocycles. The van der Waals surface area contributed by atoms with Crippen LogP contribution in [-0.2, 0) is 32.6 Å². The van der Waals surface area contributed by atoms with Crippen LogP contribution in [0, 0.1) is 11.6 Å². The largest absolute Gasteiger partial charge is 0.357 e. The summed E-state index contributed by atoms with van der Waals surface area (Å²) >= 11 is 12.2. The maximum atomic E-state index is 13.8. The van der Waals surface area contributed by atoms with Gasteiger partial charge in [0, 0.05) is 39.0 Å². The van der Waals surface area contributed by atoms with Gasteiger partial charge in [-0.1, -0.05) is 59.6 Å². The number of hydrogen-bond donors (Lipinski definition) is 1. The van der Waals surface area contributed by atoms with E-state index in [9.17, 15) is 26.8 Å². The Morgan fingerprint density at radius 1 is 0.925 bits per heavy atom. The smallest absolute Gasteiger partial charge is 0.242 e. The molecule has 3 rings (SSSR count). The molecule has 0 saturated carbocycles. The third kappa shape index (κ3) is 8.39. The van der Waals surface area contributed by atoms with Crippen LogP contribution in [0.15, 0.2) is 66.7 Å². The van der Waals surface area contributed by atoms with Crippen LogP contribution >= 0.6 is 23.2 Å². The highest BCUT2D eigenvalue weighted by Gasteiger charge is 2.30. The van der Waals surface area contributed by atoms with Crippen molar-refractivity contribution >= 4 is 50.7 Å². The number of nitrogens with one attached hydrogen (secondary N) is 1. The number of sulfonamides is 1. The van der Waals surface area contributed by atoms with Gasteiger partial charge in [-0.2, -0.15) is 0 Å². The molecule has 0 aromatic heterocycles. The van der Waals surface area contributed by atoms with Gasteiger partial charge in [-0.15, -0.1) is 0 Å². The summed E-state index contributed by atoms with van der Waals surface area (Å²) in [5.41, 5.74) is 1.42. The first-order valence-corrected chi connectivity index (χ1v) is 14.9. The van der Waals surface area contributed by atoms with E-state index in [0.717, 1.165) is 34.3 Å². The topological polar surface area (TPSA) is 86.8 Å². The van der Waals surface area contributed by atoms with Crippen LogP contribution in [0.1, 0.15) is 24.0 Å². The van der Waals surface area contributed by atoms with Crippen molar-refractivity contribution in [1.29, 1.82) is 0 Å². The number of amides is 2. The molecule has 1 atom stereocenters. The van der Waals surface area contributed by atoms with Gasteiger partial charge < -0.3 is 10.2 Å². The SMILES string of the molecule is CNC(=O)[C@H](Cc1ccccc1)N(Cc1ccc(Cl)c(Cl)c1)C(=O)CCCN(c1ccc(F)c(F)c1)S(C)(=O)=O. The van der Waals surface area contributed by atoms with Crippen molar-refractivity contribution in [1.82, 2.24) is 10.2 Å². The molecule has 0 unspecified atom stereocenters. The maximum Gasteiger partial charge on any atom is 0.242 e. The molecule has 3 aromatic carbocycles. The van der Waals surface area contributed by atoms with E-state index in [1.807, 2.05) is 30.3 Å². The summed E-state index contributed by atoms with van der Waals surface area (Å²) in [6.07, 6.45) is 1.10. The van der Waals surface area contributed by atoms with Crippen LogP contribution in [0.3, 0.4) is 0 Å². The minimum absolute atomic E-state index is 0.0413. The number of likely N-dealkylation sites (N-methyl/N-ethyl adjacent to an activating group) is 1. The van der Waals surface area contributed by atoms with Crippen molar-refractivity contribution in [3.63, 3.8) is 0 Å². The lowest BCUT2D eigenvalue weighted by Crippen LogP contribution is -2.49. The molecule has 0 aliphatic rings. The first-order valence-electron chi connectivity index (χ1n) is 12.3. The van der Waals surface area contributed by atoms with Crippen LogP contribution in [0.4, 0.5) is 14.5 Å². The normalized spacial score (nSPS) is 12.1. The van der Waals surface area contributed by atoms with Gasteiger partial charge in [0.05, 0.1) is 22.0 Å². The fourth-order valence-corrected chi connectivity index (χ4v) is 5.48. The van der Waals surface area contributed by atoms with Gasteiger partial charge in [-0.3, -0.25) is 13.9 Å². The van der Waals surface area contributed by atoms with Gasteiger partial charge in [-0.25, -0.2) is 17.2 Å². The van der Waals surface area contributed by atoms with Gasteiger partial charge in [0.25, 0.3) is 0 Å². The van der Waals surface area contributed by atoms with Gasteiger partial charge in [0.1, 0.15) is 6.04 Å². The van der Waals surface area contributed by atoms with Gasteiger partial charge >= 0.3 is 0 Å². The third-order valence-electron chi connectivity index (χ3n) is 6.20. The monoisotopic (exact) mass is 611 g/mol. The number of anilines is 1. The van der Waals surface area contributed by atoms with Crippen LogP contribution in [0.2, 0.25) is 10.0 Å². The minimum atomic E-state index is -3.87. The quantitative estimate of drug-likeness (QED) is 0.305. The highest BCUT2D eigenvalue weighted by Crippen LogP contribution is 2.25. The van der Waals surface area contributed by atoms with E-state index in [4.69, 9.17) is 23.2 Å². The van der Waals surface area contributed by atoms with Crippen LogP contribution in [0.5, 0.6) is 0 Å². The fraction of sp³-hybridized carbons (Fsp3) is 0.286. The van der Waals surface area contributed by atoms with E-state index in [-0.39, 0.29) is 43.9 Å². The van der Waals surface area contributed by atoms with E-state index in [1.54, 1.807) is 18.2 Å². The standard InChI is InChI=1S/C28H29Cl2F2N3O4S/c1-33-28(37)26(16-19-7-4-3-5-8-19)34(18-20-10-12-22(29)23(30)15-20)27(36)9-6-14-35(40(2,38)39)21-11-13-24(31)25(32)17-21/h3-5,7-8,10-13,15,17,26H,6,9,14,16,18H2,1-2H3,(H,33,37)/t26-/m0/s1. The number of benzene rings is 3. The Bertz CT molecular complexity index is 1460. The van der Waals surface area contributed by atoms with Crippen molar-refractivity contribution in [2.24, 2.45) is 0 Å². The average Bonchev–Trinajstić information content (AvgIpc) is 2.91. The third-order valence-corrected chi connectivity index (χ3v) is 8.13. The molecule has 0 aliphatic heterocycles. The van der Waals surface area contributed by atoms with Gasteiger partial charge in [-0.05, 0) is 41.8 Å². The second-order valence-corrected chi connectivity index (χ2v) is 11.8. The van der Waals surface area contributed by atoms with E-state index >= 15 is 0 Å². The first-order chi connectivity index (χ1) is 18.9. The van der Waals surface area contributed by atoms with Crippen molar-refractivity contribution in [2.45, 2.75) is 31.8 Å². The molecular formula is C28H29Cl2F2N3O4S. The molecule has 40 heavy (non-hydrogen) atoms. The summed E-state index contributed by atoms with van der Waals surface area (Å²) < 4.78 is 53.0. The summed E-state index contributed by atoms with van der Waals surface area (Å²) in [4.78, 5) is 28.1. The molecule has 214 valence electrons. The predicted molar refractivity (Wildman–Crippen MR) is 153 cm³/mol. The molecule has 1 N–H and O–H groups in total. The molecule has 0 spiro atoms. The Balaban J connectivity index is 1.87. The first kappa shape index (κ1) is 31.3. The number of nitrogens with zero attached hydrogens (tertiary/aromatic N) is 2. The fourth-order valence-electron chi connectivity index (χ4n) is 4.20.